The third kappa shape index (κ3) is 3.01. The van der Waals surface area contributed by atoms with E-state index in [1.54, 1.807) is 34.4 Å². The van der Waals surface area contributed by atoms with Gasteiger partial charge in [-0.2, -0.15) is 5.10 Å². The Morgan fingerprint density at radius 2 is 2.11 bits per heavy atom. The van der Waals surface area contributed by atoms with E-state index < -0.39 is 12.3 Å². The van der Waals surface area contributed by atoms with Crippen LogP contribution in [0.5, 0.6) is 5.75 Å². The molecule has 0 spiro atoms. The van der Waals surface area contributed by atoms with Crippen molar-refractivity contribution >= 4 is 17.2 Å². The summed E-state index contributed by atoms with van der Waals surface area (Å²) in [6, 6.07) is 10.5. The molecule has 2 aromatic heterocycles. The SMILES string of the molecule is COC(CN1C(=O)c2n[nH]c(-c3cccs3)c2C1c1cccc(O)c1)OC. The highest BCUT2D eigenvalue weighted by atomic mass is 32.1. The van der Waals surface area contributed by atoms with Crippen molar-refractivity contribution in [3.8, 4) is 16.3 Å². The number of phenolic OH excluding ortho intramolecular Hbond substituents is 1. The van der Waals surface area contributed by atoms with Gasteiger partial charge in [-0.1, -0.05) is 18.2 Å². The number of aromatic hydroxyl groups is 1. The number of rotatable bonds is 6. The Labute approximate surface area is 160 Å². The third-order valence-electron chi connectivity index (χ3n) is 4.68. The first-order valence-corrected chi connectivity index (χ1v) is 9.29. The largest absolute Gasteiger partial charge is 0.508 e. The van der Waals surface area contributed by atoms with Crippen LogP contribution in [0.2, 0.25) is 0 Å². The van der Waals surface area contributed by atoms with Crippen molar-refractivity contribution in [1.29, 1.82) is 0 Å². The van der Waals surface area contributed by atoms with Crippen LogP contribution in [0, 0.1) is 0 Å². The fourth-order valence-electron chi connectivity index (χ4n) is 3.43. The third-order valence-corrected chi connectivity index (χ3v) is 5.56. The topological polar surface area (TPSA) is 87.7 Å². The lowest BCUT2D eigenvalue weighted by atomic mass is 9.98. The van der Waals surface area contributed by atoms with Crippen LogP contribution in [0.4, 0.5) is 0 Å². The summed E-state index contributed by atoms with van der Waals surface area (Å²) in [5, 5.41) is 19.3. The van der Waals surface area contributed by atoms with Gasteiger partial charge in [0, 0.05) is 19.8 Å². The molecule has 1 aromatic carbocycles. The van der Waals surface area contributed by atoms with Crippen molar-refractivity contribution in [2.24, 2.45) is 0 Å². The molecule has 2 N–H and O–H groups in total. The molecular weight excluding hydrogens is 366 g/mol. The number of ether oxygens (including phenoxy) is 2. The molecule has 0 bridgehead atoms. The van der Waals surface area contributed by atoms with E-state index in [4.69, 9.17) is 9.47 Å². The van der Waals surface area contributed by atoms with Gasteiger partial charge in [-0.05, 0) is 29.1 Å². The van der Waals surface area contributed by atoms with E-state index in [0.29, 0.717) is 5.69 Å². The normalized spacial score (nSPS) is 16.3. The van der Waals surface area contributed by atoms with Gasteiger partial charge in [0.25, 0.3) is 5.91 Å². The molecule has 1 atom stereocenters. The Kier molecular flexibility index (Phi) is 4.69. The lowest BCUT2D eigenvalue weighted by Gasteiger charge is -2.29. The number of H-pyrrole nitrogens is 1. The van der Waals surface area contributed by atoms with Crippen LogP contribution in [0.3, 0.4) is 0 Å². The standard InChI is InChI=1S/C19H19N3O4S/c1-25-14(26-2)10-22-18(11-5-3-6-12(23)9-11)15-16(13-7-4-8-27-13)20-21-17(15)19(22)24/h3-9,14,18,23H,10H2,1-2H3,(H,20,21). The van der Waals surface area contributed by atoms with E-state index in [1.807, 2.05) is 23.6 Å². The van der Waals surface area contributed by atoms with E-state index >= 15 is 0 Å². The average molecular weight is 385 g/mol. The molecule has 0 saturated heterocycles. The Morgan fingerprint density at radius 3 is 2.78 bits per heavy atom. The second kappa shape index (κ2) is 7.15. The first kappa shape index (κ1) is 17.7. The van der Waals surface area contributed by atoms with Crippen LogP contribution < -0.4 is 0 Å². The molecule has 0 radical (unpaired) electrons. The Hall–Kier alpha value is -2.68. The molecule has 3 heterocycles. The second-order valence-corrected chi connectivity index (χ2v) is 7.14. The molecule has 0 aliphatic carbocycles. The number of methoxy groups -OCH3 is 2. The number of amides is 1. The van der Waals surface area contributed by atoms with Crippen LogP contribution in [0.1, 0.15) is 27.7 Å². The molecule has 27 heavy (non-hydrogen) atoms. The lowest BCUT2D eigenvalue weighted by molar-refractivity contribution is -0.113. The smallest absolute Gasteiger partial charge is 0.275 e. The summed E-state index contributed by atoms with van der Waals surface area (Å²) < 4.78 is 10.6. The molecule has 0 fully saturated rings. The van der Waals surface area contributed by atoms with Crippen LogP contribution in [0.25, 0.3) is 10.6 Å². The first-order chi connectivity index (χ1) is 13.1. The number of hydrogen-bond donors (Lipinski definition) is 2. The minimum atomic E-state index is -0.563. The number of aromatic amines is 1. The van der Waals surface area contributed by atoms with Crippen LogP contribution >= 0.6 is 11.3 Å². The van der Waals surface area contributed by atoms with Gasteiger partial charge in [0.15, 0.2) is 12.0 Å². The van der Waals surface area contributed by atoms with Crippen molar-refractivity contribution in [3.63, 3.8) is 0 Å². The molecule has 0 saturated carbocycles. The molecule has 4 rings (SSSR count). The minimum Gasteiger partial charge on any atom is -0.508 e. The summed E-state index contributed by atoms with van der Waals surface area (Å²) in [6.45, 7) is 0.242. The predicted octanol–water partition coefficient (Wildman–Crippen LogP) is 3.01. The summed E-state index contributed by atoms with van der Waals surface area (Å²) in [6.07, 6.45) is -0.563. The minimum absolute atomic E-state index is 0.143. The van der Waals surface area contributed by atoms with Crippen molar-refractivity contribution in [2.45, 2.75) is 12.3 Å². The van der Waals surface area contributed by atoms with Gasteiger partial charge in [-0.3, -0.25) is 9.89 Å². The summed E-state index contributed by atoms with van der Waals surface area (Å²) in [5.74, 6) is -0.0546. The number of carbonyl (C=O) groups excluding carboxylic acids is 1. The van der Waals surface area contributed by atoms with E-state index in [1.165, 1.54) is 14.2 Å². The number of nitrogens with one attached hydrogen (secondary N) is 1. The van der Waals surface area contributed by atoms with E-state index in [0.717, 1.165) is 21.7 Å². The van der Waals surface area contributed by atoms with Crippen molar-refractivity contribution in [1.82, 2.24) is 15.1 Å². The molecule has 140 valence electrons. The Bertz CT molecular complexity index is 950. The number of carbonyl (C=O) groups is 1. The lowest BCUT2D eigenvalue weighted by Crippen LogP contribution is -2.38. The van der Waals surface area contributed by atoms with Crippen molar-refractivity contribution in [3.05, 3.63) is 58.6 Å². The van der Waals surface area contributed by atoms with E-state index in [2.05, 4.69) is 10.2 Å². The number of benzene rings is 1. The Morgan fingerprint density at radius 1 is 1.30 bits per heavy atom. The summed E-state index contributed by atoms with van der Waals surface area (Å²) in [7, 11) is 3.07. The summed E-state index contributed by atoms with van der Waals surface area (Å²) in [5.41, 5.74) is 2.81. The number of thiophene rings is 1. The Balaban J connectivity index is 1.85. The van der Waals surface area contributed by atoms with E-state index in [-0.39, 0.29) is 18.2 Å². The maximum absolute atomic E-state index is 13.1. The highest BCUT2D eigenvalue weighted by Gasteiger charge is 2.43. The molecule has 1 aliphatic heterocycles. The zero-order valence-electron chi connectivity index (χ0n) is 14.9. The fraction of sp³-hybridized carbons (Fsp3) is 0.263. The zero-order valence-corrected chi connectivity index (χ0v) is 15.7. The first-order valence-electron chi connectivity index (χ1n) is 8.41. The monoisotopic (exact) mass is 385 g/mol. The van der Waals surface area contributed by atoms with Gasteiger partial charge in [0.05, 0.1) is 23.2 Å². The van der Waals surface area contributed by atoms with Gasteiger partial charge >= 0.3 is 0 Å². The fourth-order valence-corrected chi connectivity index (χ4v) is 4.17. The van der Waals surface area contributed by atoms with Crippen LogP contribution in [0.15, 0.2) is 41.8 Å². The van der Waals surface area contributed by atoms with Gasteiger partial charge in [0.2, 0.25) is 0 Å². The quantitative estimate of drug-likeness (QED) is 0.637. The molecule has 1 amide bonds. The number of fused-ring (bicyclic) bond motifs is 1. The predicted molar refractivity (Wildman–Crippen MR) is 101 cm³/mol. The molecule has 7 nitrogen and oxygen atoms in total. The molecular formula is C19H19N3O4S. The number of aromatic nitrogens is 2. The van der Waals surface area contributed by atoms with Gasteiger partial charge < -0.3 is 19.5 Å². The second-order valence-electron chi connectivity index (χ2n) is 6.19. The number of hydrogen-bond acceptors (Lipinski definition) is 6. The average Bonchev–Trinajstić information content (AvgIpc) is 3.38. The summed E-state index contributed by atoms with van der Waals surface area (Å²) in [4.78, 5) is 15.8. The van der Waals surface area contributed by atoms with Crippen molar-refractivity contribution < 1.29 is 19.4 Å². The van der Waals surface area contributed by atoms with Crippen LogP contribution in [-0.4, -0.2) is 53.2 Å². The summed E-state index contributed by atoms with van der Waals surface area (Å²) >= 11 is 1.57. The molecule has 3 aromatic rings. The molecule has 1 aliphatic rings. The van der Waals surface area contributed by atoms with Crippen LogP contribution in [-0.2, 0) is 9.47 Å². The number of nitrogens with zero attached hydrogens (tertiary/aromatic N) is 2. The van der Waals surface area contributed by atoms with Crippen molar-refractivity contribution in [2.75, 3.05) is 20.8 Å². The van der Waals surface area contributed by atoms with Gasteiger partial charge in [0.1, 0.15) is 5.75 Å². The van der Waals surface area contributed by atoms with Gasteiger partial charge in [-0.25, -0.2) is 0 Å². The maximum atomic E-state index is 13.1. The highest BCUT2D eigenvalue weighted by Crippen LogP contribution is 2.44. The van der Waals surface area contributed by atoms with Gasteiger partial charge in [-0.15, -0.1) is 11.3 Å². The van der Waals surface area contributed by atoms with E-state index in [9.17, 15) is 9.90 Å². The maximum Gasteiger partial charge on any atom is 0.275 e. The molecule has 8 heteroatoms. The molecule has 1 unspecified atom stereocenters. The number of phenols is 1. The zero-order chi connectivity index (χ0) is 19.0. The highest BCUT2D eigenvalue weighted by molar-refractivity contribution is 7.13.